The SMILES string of the molecule is CC.CCOc1nc2c(s1)c(O)c(-c1ccccc1C)c(=O)n2CC.[CH3-].[Y]. The second kappa shape index (κ2) is 11.6. The van der Waals surface area contributed by atoms with Gasteiger partial charge in [-0.05, 0) is 31.9 Å². The smallest absolute Gasteiger partial charge is 0.275 e. The third kappa shape index (κ3) is 4.98. The molecule has 1 aromatic carbocycles. The first-order chi connectivity index (χ1) is 12.1. The number of aryl methyl sites for hydroxylation is 2. The summed E-state index contributed by atoms with van der Waals surface area (Å²) in [7, 11) is 0. The van der Waals surface area contributed by atoms with E-state index in [2.05, 4.69) is 4.98 Å². The van der Waals surface area contributed by atoms with Crippen LogP contribution in [0.5, 0.6) is 10.9 Å². The van der Waals surface area contributed by atoms with Crippen LogP contribution in [0, 0.1) is 14.4 Å². The fraction of sp³-hybridized carbons (Fsp3) is 0.350. The van der Waals surface area contributed by atoms with E-state index >= 15 is 0 Å². The summed E-state index contributed by atoms with van der Waals surface area (Å²) in [5.74, 6) is -0.0209. The van der Waals surface area contributed by atoms with E-state index in [9.17, 15) is 9.90 Å². The number of hydrogen-bond acceptors (Lipinski definition) is 5. The van der Waals surface area contributed by atoms with Gasteiger partial charge in [-0.2, -0.15) is 4.98 Å². The predicted molar refractivity (Wildman–Crippen MR) is 110 cm³/mol. The Balaban J connectivity index is 0.00000164. The molecule has 2 aromatic heterocycles. The minimum Gasteiger partial charge on any atom is -0.505 e. The summed E-state index contributed by atoms with van der Waals surface area (Å²) >= 11 is 1.26. The number of rotatable bonds is 4. The van der Waals surface area contributed by atoms with Gasteiger partial charge >= 0.3 is 0 Å². The number of ether oxygens (including phenoxy) is 1. The summed E-state index contributed by atoms with van der Waals surface area (Å²) in [5, 5.41) is 11.2. The number of nitrogens with zero attached hydrogens (tertiary/aromatic N) is 2. The molecular weight excluding hydrogens is 437 g/mol. The van der Waals surface area contributed by atoms with Crippen LogP contribution in [-0.4, -0.2) is 21.3 Å². The second-order valence-electron chi connectivity index (χ2n) is 5.15. The summed E-state index contributed by atoms with van der Waals surface area (Å²) in [5.41, 5.74) is 2.24. The van der Waals surface area contributed by atoms with Crippen LogP contribution in [-0.2, 0) is 39.3 Å². The standard InChI is InChI=1S/C17H18N2O3S.C2H6.CH3.Y/c1-4-19-15-14(23-17(18-15)22-5-2)13(20)12(16(19)21)11-9-7-6-8-10(11)3;1-2;;/h6-9,20H,4-5H2,1-3H3;1-2H3;1H3;/q;;-1;. The number of aromatic hydroxyl groups is 1. The normalized spacial score (nSPS) is 9.67. The van der Waals surface area contributed by atoms with Crippen molar-refractivity contribution in [2.45, 2.75) is 41.2 Å². The Labute approximate surface area is 190 Å². The molecule has 0 aliphatic carbocycles. The minimum atomic E-state index is -0.236. The molecule has 145 valence electrons. The summed E-state index contributed by atoms with van der Waals surface area (Å²) in [6.45, 7) is 10.6. The molecule has 0 amide bonds. The molecule has 2 heterocycles. The van der Waals surface area contributed by atoms with E-state index in [0.717, 1.165) is 11.1 Å². The van der Waals surface area contributed by atoms with Gasteiger partial charge in [0.05, 0.1) is 12.2 Å². The van der Waals surface area contributed by atoms with Crippen LogP contribution in [0.1, 0.15) is 33.3 Å². The van der Waals surface area contributed by atoms with Gasteiger partial charge in [0.25, 0.3) is 10.8 Å². The zero-order valence-electron chi connectivity index (χ0n) is 16.9. The minimum absolute atomic E-state index is 0. The van der Waals surface area contributed by atoms with Crippen LogP contribution < -0.4 is 10.3 Å². The first kappa shape index (κ1) is 25.8. The van der Waals surface area contributed by atoms with Gasteiger partial charge < -0.3 is 17.3 Å². The van der Waals surface area contributed by atoms with E-state index in [-0.39, 0.29) is 51.4 Å². The summed E-state index contributed by atoms with van der Waals surface area (Å²) in [6, 6.07) is 7.54. The Morgan fingerprint density at radius 3 is 2.41 bits per heavy atom. The summed E-state index contributed by atoms with van der Waals surface area (Å²) in [4.78, 5) is 17.2. The van der Waals surface area contributed by atoms with Gasteiger partial charge in [0.2, 0.25) is 0 Å². The van der Waals surface area contributed by atoms with Crippen molar-refractivity contribution in [2.24, 2.45) is 0 Å². The van der Waals surface area contributed by atoms with Crippen LogP contribution in [0.4, 0.5) is 0 Å². The zero-order valence-corrected chi connectivity index (χ0v) is 20.5. The van der Waals surface area contributed by atoms with Crippen molar-refractivity contribution >= 4 is 21.7 Å². The topological polar surface area (TPSA) is 64.3 Å². The molecule has 5 nitrogen and oxygen atoms in total. The van der Waals surface area contributed by atoms with Crippen LogP contribution in [0.3, 0.4) is 0 Å². The van der Waals surface area contributed by atoms with E-state index in [1.165, 1.54) is 11.3 Å². The van der Waals surface area contributed by atoms with Gasteiger partial charge in [-0.15, -0.1) is 0 Å². The number of aromatic nitrogens is 2. The molecule has 0 aliphatic rings. The maximum absolute atomic E-state index is 12.9. The molecule has 0 saturated carbocycles. The molecule has 3 aromatic rings. The molecule has 0 fully saturated rings. The monoisotopic (exact) mass is 464 g/mol. The first-order valence-corrected chi connectivity index (χ1v) is 9.35. The average Bonchev–Trinajstić information content (AvgIpc) is 3.03. The van der Waals surface area contributed by atoms with Crippen molar-refractivity contribution < 1.29 is 42.6 Å². The molecule has 0 saturated heterocycles. The van der Waals surface area contributed by atoms with E-state index < -0.39 is 0 Å². The van der Waals surface area contributed by atoms with E-state index in [1.807, 2.05) is 58.9 Å². The van der Waals surface area contributed by atoms with Gasteiger partial charge in [0, 0.05) is 39.3 Å². The van der Waals surface area contributed by atoms with Crippen LogP contribution >= 0.6 is 11.3 Å². The third-order valence-electron chi connectivity index (χ3n) is 3.75. The van der Waals surface area contributed by atoms with Gasteiger partial charge in [-0.25, -0.2) is 0 Å². The number of thiazole rings is 1. The molecule has 0 atom stereocenters. The number of hydrogen-bond donors (Lipinski definition) is 1. The molecule has 0 bridgehead atoms. The van der Waals surface area contributed by atoms with Crippen LogP contribution in [0.25, 0.3) is 21.5 Å². The van der Waals surface area contributed by atoms with Crippen molar-refractivity contribution in [3.8, 4) is 22.1 Å². The molecular formula is C20H27N2O3SY-. The number of fused-ring (bicyclic) bond motifs is 1. The zero-order chi connectivity index (χ0) is 18.6. The predicted octanol–water partition coefficient (Wildman–Crippen LogP) is 5.03. The summed E-state index contributed by atoms with van der Waals surface area (Å²) < 4.78 is 7.59. The van der Waals surface area contributed by atoms with Crippen molar-refractivity contribution in [1.82, 2.24) is 9.55 Å². The molecule has 1 radical (unpaired) electrons. The fourth-order valence-electron chi connectivity index (χ4n) is 2.65. The van der Waals surface area contributed by atoms with Gasteiger partial charge in [0.1, 0.15) is 10.4 Å². The van der Waals surface area contributed by atoms with E-state index in [1.54, 1.807) is 4.57 Å². The number of benzene rings is 1. The molecule has 27 heavy (non-hydrogen) atoms. The average molecular weight is 464 g/mol. The molecule has 3 rings (SSSR count). The Hall–Kier alpha value is -1.24. The fourth-order valence-corrected chi connectivity index (χ4v) is 3.58. The molecule has 0 spiro atoms. The largest absolute Gasteiger partial charge is 0.505 e. The van der Waals surface area contributed by atoms with Crippen molar-refractivity contribution in [2.75, 3.05) is 6.61 Å². The van der Waals surface area contributed by atoms with E-state index in [0.29, 0.717) is 34.3 Å². The van der Waals surface area contributed by atoms with Gasteiger partial charge in [-0.3, -0.25) is 9.36 Å². The Morgan fingerprint density at radius 1 is 1.22 bits per heavy atom. The Kier molecular flexibility index (Phi) is 11.0. The van der Waals surface area contributed by atoms with Crippen molar-refractivity contribution in [3.63, 3.8) is 0 Å². The van der Waals surface area contributed by atoms with E-state index in [4.69, 9.17) is 4.74 Å². The maximum atomic E-state index is 12.9. The Morgan fingerprint density at radius 2 is 1.85 bits per heavy atom. The maximum Gasteiger partial charge on any atom is 0.275 e. The van der Waals surface area contributed by atoms with Crippen molar-refractivity contribution in [3.05, 3.63) is 47.6 Å². The Bertz CT molecular complexity index is 935. The quantitative estimate of drug-likeness (QED) is 0.550. The first-order valence-electron chi connectivity index (χ1n) is 8.53. The van der Waals surface area contributed by atoms with Crippen molar-refractivity contribution in [1.29, 1.82) is 0 Å². The summed E-state index contributed by atoms with van der Waals surface area (Å²) in [6.07, 6.45) is 0. The second-order valence-corrected chi connectivity index (χ2v) is 6.12. The number of pyridine rings is 1. The molecule has 0 aliphatic heterocycles. The molecule has 0 unspecified atom stereocenters. The third-order valence-corrected chi connectivity index (χ3v) is 4.72. The molecule has 1 N–H and O–H groups in total. The van der Waals surface area contributed by atoms with Crippen LogP contribution in [0.2, 0.25) is 0 Å². The van der Waals surface area contributed by atoms with Crippen LogP contribution in [0.15, 0.2) is 29.1 Å². The molecule has 7 heteroatoms. The van der Waals surface area contributed by atoms with Gasteiger partial charge in [-0.1, -0.05) is 49.4 Å². The van der Waals surface area contributed by atoms with Gasteiger partial charge in [0.15, 0.2) is 5.65 Å².